The number of aliphatic hydroxyl groups is 2. The van der Waals surface area contributed by atoms with Gasteiger partial charge in [0.15, 0.2) is 6.29 Å². The molecule has 2 atom stereocenters. The highest BCUT2D eigenvalue weighted by Crippen LogP contribution is 2.05. The summed E-state index contributed by atoms with van der Waals surface area (Å²) in [6, 6.07) is 0. The van der Waals surface area contributed by atoms with Crippen LogP contribution >= 0.6 is 0 Å². The van der Waals surface area contributed by atoms with Crippen LogP contribution in [0.2, 0.25) is 13.1 Å². The Morgan fingerprint density at radius 3 is 2.27 bits per heavy atom. The lowest BCUT2D eigenvalue weighted by molar-refractivity contribution is -0.137. The summed E-state index contributed by atoms with van der Waals surface area (Å²) in [5.41, 5.74) is 0.178. The monoisotopic (exact) mass is 178 g/mol. The zero-order valence-electron chi connectivity index (χ0n) is 7.45. The molecule has 11 heavy (non-hydrogen) atoms. The second kappa shape index (κ2) is 5.71. The van der Waals surface area contributed by atoms with E-state index in [-0.39, 0.29) is 12.3 Å². The van der Waals surface area contributed by atoms with Crippen LogP contribution in [0.3, 0.4) is 0 Å². The van der Waals surface area contributed by atoms with Gasteiger partial charge >= 0.3 is 0 Å². The molecule has 0 heterocycles. The van der Waals surface area contributed by atoms with Gasteiger partial charge in [-0.05, 0) is 6.42 Å². The first-order valence-electron chi connectivity index (χ1n) is 4.06. The molecule has 4 heteroatoms. The van der Waals surface area contributed by atoms with Crippen LogP contribution in [0.25, 0.3) is 0 Å². The summed E-state index contributed by atoms with van der Waals surface area (Å²) in [5, 5.41) is 17.5. The standard InChI is InChI=1S/C7H18O3Si/c1-4-7(11(2)3)10-6(9)5-8/h6-9,11H,4-5H2,1-3H3. The van der Waals surface area contributed by atoms with Crippen molar-refractivity contribution >= 4 is 8.80 Å². The predicted octanol–water partition coefficient (Wildman–Crippen LogP) is 0.118. The van der Waals surface area contributed by atoms with Crippen molar-refractivity contribution in [2.75, 3.05) is 6.61 Å². The predicted molar refractivity (Wildman–Crippen MR) is 47.1 cm³/mol. The van der Waals surface area contributed by atoms with Crippen molar-refractivity contribution in [2.45, 2.75) is 38.5 Å². The van der Waals surface area contributed by atoms with Gasteiger partial charge in [-0.3, -0.25) is 0 Å². The van der Waals surface area contributed by atoms with Gasteiger partial charge < -0.3 is 14.9 Å². The van der Waals surface area contributed by atoms with Crippen molar-refractivity contribution < 1.29 is 14.9 Å². The Morgan fingerprint density at radius 1 is 1.45 bits per heavy atom. The fourth-order valence-corrected chi connectivity index (χ4v) is 2.41. The molecule has 0 radical (unpaired) electrons. The lowest BCUT2D eigenvalue weighted by Gasteiger charge is -2.21. The van der Waals surface area contributed by atoms with Gasteiger partial charge in [0.05, 0.1) is 15.4 Å². The Hall–Kier alpha value is 0.0969. The molecule has 2 unspecified atom stereocenters. The topological polar surface area (TPSA) is 49.7 Å². The van der Waals surface area contributed by atoms with E-state index in [1.165, 1.54) is 0 Å². The minimum absolute atomic E-state index is 0.178. The summed E-state index contributed by atoms with van der Waals surface area (Å²) in [4.78, 5) is 0. The normalized spacial score (nSPS) is 16.9. The first kappa shape index (κ1) is 11.1. The van der Waals surface area contributed by atoms with Gasteiger partial charge in [-0.2, -0.15) is 0 Å². The van der Waals surface area contributed by atoms with Crippen LogP contribution in [0.4, 0.5) is 0 Å². The third-order valence-corrected chi connectivity index (χ3v) is 3.75. The first-order chi connectivity index (χ1) is 5.11. The van der Waals surface area contributed by atoms with Gasteiger partial charge in [0, 0.05) is 5.73 Å². The highest BCUT2D eigenvalue weighted by molar-refractivity contribution is 6.57. The molecule has 0 aliphatic heterocycles. The third-order valence-electron chi connectivity index (χ3n) is 1.63. The van der Waals surface area contributed by atoms with Crippen LogP contribution in [-0.4, -0.2) is 37.6 Å². The van der Waals surface area contributed by atoms with Crippen LogP contribution in [-0.2, 0) is 4.74 Å². The Labute approximate surface area is 69.6 Å². The third kappa shape index (κ3) is 4.52. The second-order valence-corrected chi connectivity index (χ2v) is 6.20. The lowest BCUT2D eigenvalue weighted by Crippen LogP contribution is -2.33. The van der Waals surface area contributed by atoms with E-state index >= 15 is 0 Å². The van der Waals surface area contributed by atoms with Gasteiger partial charge in [-0.1, -0.05) is 20.0 Å². The molecule has 2 N–H and O–H groups in total. The molecule has 0 aromatic heterocycles. The number of rotatable bonds is 5. The lowest BCUT2D eigenvalue weighted by atomic mass is 10.5. The number of hydrogen-bond donors (Lipinski definition) is 2. The molecule has 0 aliphatic carbocycles. The molecule has 3 nitrogen and oxygen atoms in total. The SMILES string of the molecule is CCC(OC(O)CO)[SiH](C)C. The van der Waals surface area contributed by atoms with E-state index < -0.39 is 15.1 Å². The molecule has 0 saturated heterocycles. The smallest absolute Gasteiger partial charge is 0.177 e. The zero-order valence-corrected chi connectivity index (χ0v) is 8.60. The van der Waals surface area contributed by atoms with E-state index in [1.54, 1.807) is 0 Å². The average molecular weight is 178 g/mol. The maximum atomic E-state index is 8.96. The fraction of sp³-hybridized carbons (Fsp3) is 1.00. The Balaban J connectivity index is 3.68. The van der Waals surface area contributed by atoms with Crippen molar-refractivity contribution in [3.63, 3.8) is 0 Å². The van der Waals surface area contributed by atoms with E-state index in [4.69, 9.17) is 14.9 Å². The molecule has 68 valence electrons. The number of ether oxygens (including phenoxy) is 1. The van der Waals surface area contributed by atoms with Crippen molar-refractivity contribution in [1.82, 2.24) is 0 Å². The summed E-state index contributed by atoms with van der Waals surface area (Å²) < 4.78 is 5.18. The molecular formula is C7H18O3Si. The largest absolute Gasteiger partial charge is 0.391 e. The minimum atomic E-state index is -0.991. The summed E-state index contributed by atoms with van der Waals surface area (Å²) in [6.45, 7) is 6.05. The number of hydrogen-bond acceptors (Lipinski definition) is 3. The van der Waals surface area contributed by atoms with Crippen molar-refractivity contribution in [1.29, 1.82) is 0 Å². The van der Waals surface area contributed by atoms with Crippen LogP contribution in [0, 0.1) is 0 Å². The molecule has 0 rings (SSSR count). The molecule has 0 amide bonds. The van der Waals surface area contributed by atoms with Gasteiger partial charge in [-0.25, -0.2) is 0 Å². The van der Waals surface area contributed by atoms with E-state index in [1.807, 2.05) is 6.92 Å². The fourth-order valence-electron chi connectivity index (χ4n) is 0.970. The van der Waals surface area contributed by atoms with E-state index in [9.17, 15) is 0 Å². The zero-order chi connectivity index (χ0) is 8.85. The maximum absolute atomic E-state index is 8.96. The quantitative estimate of drug-likeness (QED) is 0.464. The van der Waals surface area contributed by atoms with Gasteiger partial charge in [-0.15, -0.1) is 0 Å². The van der Waals surface area contributed by atoms with Crippen molar-refractivity contribution in [3.8, 4) is 0 Å². The van der Waals surface area contributed by atoms with E-state index in [0.29, 0.717) is 0 Å². The van der Waals surface area contributed by atoms with Crippen LogP contribution in [0.15, 0.2) is 0 Å². The molecule has 0 fully saturated rings. The summed E-state index contributed by atoms with van der Waals surface area (Å²) in [7, 11) is -0.849. The van der Waals surface area contributed by atoms with Crippen LogP contribution in [0.1, 0.15) is 13.3 Å². The summed E-state index contributed by atoms with van der Waals surface area (Å²) in [6.07, 6.45) is -0.0733. The highest BCUT2D eigenvalue weighted by atomic mass is 28.3. The Bertz CT molecular complexity index is 97.7. The number of aliphatic hydroxyl groups excluding tert-OH is 2. The van der Waals surface area contributed by atoms with Gasteiger partial charge in [0.2, 0.25) is 0 Å². The van der Waals surface area contributed by atoms with Crippen molar-refractivity contribution in [3.05, 3.63) is 0 Å². The first-order valence-corrected chi connectivity index (χ1v) is 7.03. The second-order valence-electron chi connectivity index (χ2n) is 2.96. The Morgan fingerprint density at radius 2 is 2.00 bits per heavy atom. The molecule has 0 aromatic rings. The molecule has 0 spiro atoms. The molecule has 0 aromatic carbocycles. The van der Waals surface area contributed by atoms with Crippen LogP contribution in [0.5, 0.6) is 0 Å². The van der Waals surface area contributed by atoms with E-state index in [2.05, 4.69) is 13.1 Å². The molecule has 0 saturated carbocycles. The summed E-state index contributed by atoms with van der Waals surface area (Å²) in [5.74, 6) is 0. The molecule has 0 aliphatic rings. The van der Waals surface area contributed by atoms with Gasteiger partial charge in [0.25, 0.3) is 0 Å². The average Bonchev–Trinajstić information content (AvgIpc) is 1.99. The van der Waals surface area contributed by atoms with Crippen LogP contribution < -0.4 is 0 Å². The highest BCUT2D eigenvalue weighted by Gasteiger charge is 2.16. The minimum Gasteiger partial charge on any atom is -0.391 e. The Kier molecular flexibility index (Phi) is 5.76. The summed E-state index contributed by atoms with van der Waals surface area (Å²) >= 11 is 0. The molecule has 0 bridgehead atoms. The maximum Gasteiger partial charge on any atom is 0.177 e. The van der Waals surface area contributed by atoms with Crippen molar-refractivity contribution in [2.24, 2.45) is 0 Å². The van der Waals surface area contributed by atoms with Gasteiger partial charge in [0.1, 0.15) is 0 Å². The van der Waals surface area contributed by atoms with E-state index in [0.717, 1.165) is 6.42 Å². The molecular weight excluding hydrogens is 160 g/mol.